The van der Waals surface area contributed by atoms with E-state index < -0.39 is 20.4 Å². The fourth-order valence-corrected chi connectivity index (χ4v) is 27.3. The molecule has 0 aliphatic heterocycles. The molecule has 0 nitrogen and oxygen atoms in total. The summed E-state index contributed by atoms with van der Waals surface area (Å²) in [7, 11) is 0. The average molecular weight is 487 g/mol. The summed E-state index contributed by atoms with van der Waals surface area (Å²) in [5.41, 5.74) is 10.8. The Labute approximate surface area is 180 Å². The van der Waals surface area contributed by atoms with Crippen molar-refractivity contribution in [3.63, 3.8) is 0 Å². The van der Waals surface area contributed by atoms with E-state index in [0.29, 0.717) is 0 Å². The minimum Gasteiger partial charge on any atom is -1.00 e. The van der Waals surface area contributed by atoms with Crippen LogP contribution in [-0.2, 0) is 20.4 Å². The molecule has 0 saturated heterocycles. The minimum atomic E-state index is -1.59. The van der Waals surface area contributed by atoms with Crippen LogP contribution < -0.4 is 24.8 Å². The van der Waals surface area contributed by atoms with Gasteiger partial charge < -0.3 is 24.8 Å². The van der Waals surface area contributed by atoms with Gasteiger partial charge in [0.15, 0.2) is 0 Å². The molecule has 2 unspecified atom stereocenters. The summed E-state index contributed by atoms with van der Waals surface area (Å²) in [6.45, 7) is 10.3. The van der Waals surface area contributed by atoms with Crippen LogP contribution in [0.3, 0.4) is 0 Å². The zero-order chi connectivity index (χ0) is 16.8. The molecule has 2 atom stereocenters. The Morgan fingerprint density at radius 2 is 1.12 bits per heavy atom. The first-order valence-electron chi connectivity index (χ1n) is 10.1. The topological polar surface area (TPSA) is 0 Å². The van der Waals surface area contributed by atoms with Crippen LogP contribution in [0.5, 0.6) is 0 Å². The van der Waals surface area contributed by atoms with Gasteiger partial charge in [-0.15, -0.1) is 0 Å². The Morgan fingerprint density at radius 1 is 0.731 bits per heavy atom. The third kappa shape index (κ3) is 4.00. The van der Waals surface area contributed by atoms with Gasteiger partial charge in [0.2, 0.25) is 0 Å². The van der Waals surface area contributed by atoms with Crippen LogP contribution >= 0.6 is 0 Å². The first kappa shape index (κ1) is 22.9. The number of halogens is 2. The molecular formula is C22H32Cl2SiZr. The molecule has 0 N–H and O–H groups in total. The molecule has 4 aliphatic rings. The van der Waals surface area contributed by atoms with Crippen molar-refractivity contribution in [3.8, 4) is 0 Å². The van der Waals surface area contributed by atoms with Crippen molar-refractivity contribution in [3.05, 3.63) is 45.6 Å². The predicted molar refractivity (Wildman–Crippen MR) is 103 cm³/mol. The monoisotopic (exact) mass is 484 g/mol. The number of rotatable bonds is 2. The number of hydrogen-bond acceptors (Lipinski definition) is 0. The van der Waals surface area contributed by atoms with E-state index in [2.05, 4.69) is 39.1 Å². The van der Waals surface area contributed by atoms with Gasteiger partial charge in [-0.05, 0) is 0 Å². The van der Waals surface area contributed by atoms with Gasteiger partial charge in [0.1, 0.15) is 0 Å². The zero-order valence-electron chi connectivity index (χ0n) is 16.7. The number of hydrogen-bond donors (Lipinski definition) is 0. The van der Waals surface area contributed by atoms with Crippen LogP contribution in [0.2, 0.25) is 20.3 Å². The van der Waals surface area contributed by atoms with E-state index in [9.17, 15) is 0 Å². The summed E-state index contributed by atoms with van der Waals surface area (Å²) in [4.78, 5) is 0. The molecule has 4 aliphatic carbocycles. The fraction of sp³-hybridized carbons (Fsp3) is 0.636. The van der Waals surface area contributed by atoms with Crippen molar-refractivity contribution in [2.24, 2.45) is 0 Å². The van der Waals surface area contributed by atoms with Crippen LogP contribution in [0.1, 0.15) is 65.2 Å². The summed E-state index contributed by atoms with van der Waals surface area (Å²) >= 11 is -1.59. The Kier molecular flexibility index (Phi) is 8.31. The second-order valence-corrected chi connectivity index (χ2v) is 26.5. The first-order chi connectivity index (χ1) is 11.6. The maximum absolute atomic E-state index is 2.67. The van der Waals surface area contributed by atoms with E-state index in [1.54, 1.807) is 22.3 Å². The van der Waals surface area contributed by atoms with Crippen molar-refractivity contribution < 1.29 is 45.2 Å². The van der Waals surface area contributed by atoms with Gasteiger partial charge in [-0.3, -0.25) is 0 Å². The van der Waals surface area contributed by atoms with Gasteiger partial charge in [-0.25, -0.2) is 0 Å². The maximum atomic E-state index is 2.67. The van der Waals surface area contributed by atoms with E-state index in [1.165, 1.54) is 51.4 Å². The van der Waals surface area contributed by atoms with Gasteiger partial charge in [0.05, 0.1) is 0 Å². The Hall–Kier alpha value is 0.640. The van der Waals surface area contributed by atoms with Crippen molar-refractivity contribution >= 4 is 5.43 Å². The van der Waals surface area contributed by atoms with E-state index >= 15 is 0 Å². The summed E-state index contributed by atoms with van der Waals surface area (Å²) < 4.78 is 1.93. The van der Waals surface area contributed by atoms with E-state index in [1.807, 2.05) is 11.1 Å². The van der Waals surface area contributed by atoms with Gasteiger partial charge >= 0.3 is 157 Å². The largest absolute Gasteiger partial charge is 1.00 e. The van der Waals surface area contributed by atoms with Crippen molar-refractivity contribution in [1.29, 1.82) is 0 Å². The normalized spacial score (nSPS) is 26.7. The Morgan fingerprint density at radius 3 is 1.50 bits per heavy atom. The molecule has 0 aromatic heterocycles. The second kappa shape index (κ2) is 9.43. The first-order valence-corrected chi connectivity index (χ1v) is 19.1. The molecule has 0 bridgehead atoms. The molecular weight excluding hydrogens is 454 g/mol. The van der Waals surface area contributed by atoms with Crippen LogP contribution in [0.4, 0.5) is 0 Å². The summed E-state index contributed by atoms with van der Waals surface area (Å²) in [6.07, 6.45) is 16.6. The van der Waals surface area contributed by atoms with Crippen LogP contribution in [-0.4, -0.2) is 5.43 Å². The molecule has 0 fully saturated rings. The van der Waals surface area contributed by atoms with E-state index in [0.717, 1.165) is 7.25 Å². The van der Waals surface area contributed by atoms with Gasteiger partial charge in [0.25, 0.3) is 0 Å². The number of allylic oxidation sites excluding steroid dienone is 8. The predicted octanol–water partition coefficient (Wildman–Crippen LogP) is 1.10. The minimum absolute atomic E-state index is 0. The zero-order valence-corrected chi connectivity index (χ0v) is 21.7. The van der Waals surface area contributed by atoms with Gasteiger partial charge in [0, 0.05) is 0 Å². The SMILES string of the molecule is CC1=CC2=C(CCCC2)[CH]1[Zr+2]([CH]1C(C)=CC2=C1CCCC2)=[Si](C)C.[Cl-].[Cl-]. The Balaban J connectivity index is 0.00000121. The fourth-order valence-electron chi connectivity index (χ4n) is 5.77. The molecule has 0 aromatic carbocycles. The molecule has 4 rings (SSSR count). The van der Waals surface area contributed by atoms with Crippen molar-refractivity contribution in [2.75, 3.05) is 0 Å². The molecule has 0 saturated carbocycles. The second-order valence-electron chi connectivity index (χ2n) is 8.61. The quantitative estimate of drug-likeness (QED) is 0.513. The average Bonchev–Trinajstić information content (AvgIpc) is 3.05. The van der Waals surface area contributed by atoms with E-state index in [-0.39, 0.29) is 30.2 Å². The maximum Gasteiger partial charge on any atom is -1.00 e. The molecule has 4 heteroatoms. The molecule has 142 valence electrons. The third-order valence-corrected chi connectivity index (χ3v) is 26.8. The molecule has 0 amide bonds. The van der Waals surface area contributed by atoms with Crippen LogP contribution in [0.15, 0.2) is 45.6 Å². The molecule has 0 spiro atoms. The summed E-state index contributed by atoms with van der Waals surface area (Å²) in [5.74, 6) is 0. The Bertz CT molecular complexity index is 679. The third-order valence-electron chi connectivity index (χ3n) is 6.72. The van der Waals surface area contributed by atoms with Crippen LogP contribution in [0, 0.1) is 0 Å². The molecule has 0 heterocycles. The van der Waals surface area contributed by atoms with Crippen molar-refractivity contribution in [2.45, 2.75) is 85.6 Å². The standard InChI is InChI=1S/2C10H13.C2H6Si.2ClH.Zr/c2*1-8-6-9-4-2-3-5-10(9)7-8;1-3-2;;;/h2*6-7H,2-5H2,1H3;1-2H3;2*1H;/q;;;;;+2/p-2. The van der Waals surface area contributed by atoms with Gasteiger partial charge in [-0.1, -0.05) is 0 Å². The van der Waals surface area contributed by atoms with Crippen molar-refractivity contribution in [1.82, 2.24) is 0 Å². The summed E-state index contributed by atoms with van der Waals surface area (Å²) in [6, 6.07) is 0. The molecule has 0 radical (unpaired) electrons. The smallest absolute Gasteiger partial charge is 1.00 e. The van der Waals surface area contributed by atoms with Gasteiger partial charge in [-0.2, -0.15) is 0 Å². The molecule has 26 heavy (non-hydrogen) atoms. The summed E-state index contributed by atoms with van der Waals surface area (Å²) in [5, 5.41) is 0. The van der Waals surface area contributed by atoms with Crippen LogP contribution in [0.25, 0.3) is 0 Å². The van der Waals surface area contributed by atoms with E-state index in [4.69, 9.17) is 0 Å². The molecule has 0 aromatic rings.